The SMILES string of the molecule is COC(Cc1ccc(OCCCOc2ccc3c(=O)cc(-c4ccccc4)oc3c2)cc1)C(=O)O. The molecule has 1 aromatic heterocycles. The van der Waals surface area contributed by atoms with E-state index in [0.717, 1.165) is 11.1 Å². The van der Waals surface area contributed by atoms with Gasteiger partial charge in [0.05, 0.1) is 18.6 Å². The van der Waals surface area contributed by atoms with Crippen LogP contribution in [0.15, 0.2) is 88.1 Å². The average Bonchev–Trinajstić information content (AvgIpc) is 2.88. The zero-order valence-corrected chi connectivity index (χ0v) is 19.3. The smallest absolute Gasteiger partial charge is 0.333 e. The Balaban J connectivity index is 1.29. The molecule has 0 aliphatic heterocycles. The number of carboxylic acid groups (broad SMARTS) is 1. The number of carbonyl (C=O) groups is 1. The third-order valence-electron chi connectivity index (χ3n) is 5.49. The normalized spacial score (nSPS) is 11.8. The summed E-state index contributed by atoms with van der Waals surface area (Å²) in [7, 11) is 1.38. The van der Waals surface area contributed by atoms with E-state index in [0.29, 0.717) is 54.3 Å². The summed E-state index contributed by atoms with van der Waals surface area (Å²) < 4.78 is 22.5. The molecule has 0 fully saturated rings. The molecule has 0 saturated heterocycles. The molecule has 4 rings (SSSR count). The van der Waals surface area contributed by atoms with Gasteiger partial charge in [-0.1, -0.05) is 42.5 Å². The zero-order chi connectivity index (χ0) is 24.6. The number of rotatable bonds is 11. The number of benzene rings is 3. The molecule has 0 aliphatic carbocycles. The minimum Gasteiger partial charge on any atom is -0.493 e. The molecule has 3 aromatic carbocycles. The van der Waals surface area contributed by atoms with Crippen LogP contribution in [-0.4, -0.2) is 37.5 Å². The van der Waals surface area contributed by atoms with Crippen molar-refractivity contribution in [3.8, 4) is 22.8 Å². The van der Waals surface area contributed by atoms with Crippen molar-refractivity contribution in [2.45, 2.75) is 18.9 Å². The van der Waals surface area contributed by atoms with E-state index in [-0.39, 0.29) is 5.43 Å². The van der Waals surface area contributed by atoms with Crippen molar-refractivity contribution in [2.24, 2.45) is 0 Å². The van der Waals surface area contributed by atoms with Crippen molar-refractivity contribution >= 4 is 16.9 Å². The van der Waals surface area contributed by atoms with Crippen LogP contribution in [0, 0.1) is 0 Å². The molecule has 1 atom stereocenters. The van der Waals surface area contributed by atoms with Crippen LogP contribution in [0.1, 0.15) is 12.0 Å². The largest absolute Gasteiger partial charge is 0.493 e. The fourth-order valence-corrected chi connectivity index (χ4v) is 3.62. The highest BCUT2D eigenvalue weighted by atomic mass is 16.5. The maximum atomic E-state index is 12.5. The van der Waals surface area contributed by atoms with Crippen LogP contribution in [0.3, 0.4) is 0 Å². The monoisotopic (exact) mass is 474 g/mol. The van der Waals surface area contributed by atoms with E-state index in [1.54, 1.807) is 30.3 Å². The Hall–Kier alpha value is -4.10. The van der Waals surface area contributed by atoms with E-state index in [2.05, 4.69) is 0 Å². The number of fused-ring (bicyclic) bond motifs is 1. The number of hydrogen-bond donors (Lipinski definition) is 1. The molecular weight excluding hydrogens is 448 g/mol. The number of aliphatic carboxylic acids is 1. The van der Waals surface area contributed by atoms with Crippen molar-refractivity contribution in [1.29, 1.82) is 0 Å². The van der Waals surface area contributed by atoms with Gasteiger partial charge >= 0.3 is 5.97 Å². The fraction of sp³-hybridized carbons (Fsp3) is 0.214. The van der Waals surface area contributed by atoms with E-state index in [1.165, 1.54) is 13.2 Å². The maximum absolute atomic E-state index is 12.5. The van der Waals surface area contributed by atoms with Crippen molar-refractivity contribution in [3.63, 3.8) is 0 Å². The lowest BCUT2D eigenvalue weighted by molar-refractivity contribution is -0.148. The summed E-state index contributed by atoms with van der Waals surface area (Å²) in [5.41, 5.74) is 2.07. The van der Waals surface area contributed by atoms with E-state index in [9.17, 15) is 9.59 Å². The van der Waals surface area contributed by atoms with Gasteiger partial charge in [0.15, 0.2) is 11.5 Å². The second kappa shape index (κ2) is 11.4. The highest BCUT2D eigenvalue weighted by molar-refractivity contribution is 5.80. The maximum Gasteiger partial charge on any atom is 0.333 e. The van der Waals surface area contributed by atoms with Gasteiger partial charge in [-0.2, -0.15) is 0 Å². The number of carboxylic acids is 1. The topological polar surface area (TPSA) is 95.2 Å². The van der Waals surface area contributed by atoms with Crippen molar-refractivity contribution in [3.05, 3.63) is 94.6 Å². The van der Waals surface area contributed by atoms with Crippen LogP contribution in [0.4, 0.5) is 0 Å². The Morgan fingerprint density at radius 2 is 1.60 bits per heavy atom. The van der Waals surface area contributed by atoms with Crippen molar-refractivity contribution < 1.29 is 28.5 Å². The molecular formula is C28H26O7. The first-order chi connectivity index (χ1) is 17.0. The molecule has 0 aliphatic rings. The number of hydrogen-bond acceptors (Lipinski definition) is 6. The van der Waals surface area contributed by atoms with Gasteiger partial charge in [0, 0.05) is 37.6 Å². The molecule has 7 heteroatoms. The average molecular weight is 475 g/mol. The summed E-state index contributed by atoms with van der Waals surface area (Å²) >= 11 is 0. The Labute approximate surface area is 202 Å². The summed E-state index contributed by atoms with van der Waals surface area (Å²) in [5, 5.41) is 9.58. The van der Waals surface area contributed by atoms with Gasteiger partial charge in [-0.15, -0.1) is 0 Å². The molecule has 7 nitrogen and oxygen atoms in total. The summed E-state index contributed by atoms with van der Waals surface area (Å²) in [6, 6.07) is 23.4. The van der Waals surface area contributed by atoms with Gasteiger partial charge in [0.2, 0.25) is 0 Å². The Morgan fingerprint density at radius 1 is 0.914 bits per heavy atom. The van der Waals surface area contributed by atoms with Crippen LogP contribution in [0.5, 0.6) is 11.5 Å². The van der Waals surface area contributed by atoms with Gasteiger partial charge < -0.3 is 23.7 Å². The Morgan fingerprint density at radius 3 is 2.29 bits per heavy atom. The fourth-order valence-electron chi connectivity index (χ4n) is 3.62. The highest BCUT2D eigenvalue weighted by Crippen LogP contribution is 2.25. The predicted octanol–water partition coefficient (Wildman–Crippen LogP) is 4.95. The third kappa shape index (κ3) is 6.28. The lowest BCUT2D eigenvalue weighted by atomic mass is 10.1. The molecule has 180 valence electrons. The predicted molar refractivity (Wildman–Crippen MR) is 132 cm³/mol. The minimum atomic E-state index is -0.988. The van der Waals surface area contributed by atoms with E-state index >= 15 is 0 Å². The van der Waals surface area contributed by atoms with E-state index in [1.807, 2.05) is 42.5 Å². The van der Waals surface area contributed by atoms with Crippen molar-refractivity contribution in [1.82, 2.24) is 0 Å². The molecule has 0 spiro atoms. The van der Waals surface area contributed by atoms with Crippen molar-refractivity contribution in [2.75, 3.05) is 20.3 Å². The Kier molecular flexibility index (Phi) is 7.80. The van der Waals surface area contributed by atoms with Crippen LogP contribution in [0.2, 0.25) is 0 Å². The van der Waals surface area contributed by atoms with Crippen LogP contribution >= 0.6 is 0 Å². The molecule has 0 saturated carbocycles. The highest BCUT2D eigenvalue weighted by Gasteiger charge is 2.16. The summed E-state index contributed by atoms with van der Waals surface area (Å²) in [4.78, 5) is 23.6. The minimum absolute atomic E-state index is 0.100. The zero-order valence-electron chi connectivity index (χ0n) is 19.3. The van der Waals surface area contributed by atoms with Gasteiger partial charge in [-0.25, -0.2) is 4.79 Å². The lowest BCUT2D eigenvalue weighted by Crippen LogP contribution is -2.24. The standard InChI is InChI=1S/C28H26O7/c1-32-27(28(30)31)16-19-8-10-21(11-9-19)33-14-5-15-34-22-12-13-23-24(29)18-25(35-26(23)17-22)20-6-3-2-4-7-20/h2-4,6-13,17-18,27H,5,14-16H2,1H3,(H,30,31). The molecule has 4 aromatic rings. The molecule has 35 heavy (non-hydrogen) atoms. The van der Waals surface area contributed by atoms with Gasteiger partial charge in [-0.05, 0) is 29.8 Å². The first-order valence-electron chi connectivity index (χ1n) is 11.3. The summed E-state index contributed by atoms with van der Waals surface area (Å²) in [6.45, 7) is 0.885. The third-order valence-corrected chi connectivity index (χ3v) is 5.49. The molecule has 0 amide bonds. The number of ether oxygens (including phenoxy) is 3. The summed E-state index contributed by atoms with van der Waals surface area (Å²) in [6.07, 6.45) is 0.0732. The first-order valence-corrected chi connectivity index (χ1v) is 11.3. The Bertz CT molecular complexity index is 1330. The van der Waals surface area contributed by atoms with Gasteiger partial charge in [0.25, 0.3) is 0 Å². The van der Waals surface area contributed by atoms with Gasteiger partial charge in [0.1, 0.15) is 22.8 Å². The molecule has 1 unspecified atom stereocenters. The van der Waals surface area contributed by atoms with E-state index in [4.69, 9.17) is 23.7 Å². The molecule has 1 N–H and O–H groups in total. The molecule has 0 bridgehead atoms. The molecule has 0 radical (unpaired) electrons. The quantitative estimate of drug-likeness (QED) is 0.307. The van der Waals surface area contributed by atoms with Gasteiger partial charge in [-0.3, -0.25) is 4.79 Å². The summed E-state index contributed by atoms with van der Waals surface area (Å²) in [5.74, 6) is 0.832. The second-order valence-electron chi connectivity index (χ2n) is 7.96. The lowest BCUT2D eigenvalue weighted by Gasteiger charge is -2.11. The second-order valence-corrected chi connectivity index (χ2v) is 7.96. The van der Waals surface area contributed by atoms with Crippen LogP contribution in [0.25, 0.3) is 22.3 Å². The molecule has 1 heterocycles. The van der Waals surface area contributed by atoms with E-state index < -0.39 is 12.1 Å². The number of methoxy groups -OCH3 is 1. The first kappa shape index (κ1) is 24.0. The van der Waals surface area contributed by atoms with Crippen LogP contribution < -0.4 is 14.9 Å². The van der Waals surface area contributed by atoms with Crippen LogP contribution in [-0.2, 0) is 16.0 Å².